The molecule has 5 nitrogen and oxygen atoms in total. The van der Waals surface area contributed by atoms with Crippen LogP contribution in [-0.4, -0.2) is 59.1 Å². The molecule has 1 aromatic heterocycles. The van der Waals surface area contributed by atoms with Crippen LogP contribution in [0.1, 0.15) is 70.8 Å². The molecule has 2 heterocycles. The molecule has 5 heteroatoms. The van der Waals surface area contributed by atoms with E-state index >= 15 is 0 Å². The van der Waals surface area contributed by atoms with Crippen molar-refractivity contribution >= 4 is 11.5 Å². The van der Waals surface area contributed by atoms with Gasteiger partial charge in [-0.3, -0.25) is 9.89 Å². The predicted octanol–water partition coefficient (Wildman–Crippen LogP) is 5.96. The molecule has 37 heavy (non-hydrogen) atoms. The first-order valence-electron chi connectivity index (χ1n) is 13.8. The van der Waals surface area contributed by atoms with E-state index in [2.05, 4.69) is 105 Å². The Kier molecular flexibility index (Phi) is 10.8. The molecule has 1 fully saturated rings. The molecular weight excluding hydrogens is 456 g/mol. The van der Waals surface area contributed by atoms with Gasteiger partial charge in [0.15, 0.2) is 0 Å². The average Bonchev–Trinajstić information content (AvgIpc) is 3.36. The van der Waals surface area contributed by atoms with Crippen molar-refractivity contribution in [2.45, 2.75) is 60.3 Å². The Balaban J connectivity index is 2.01. The number of carbonyl (C=O) groups excluding carboxylic acids is 1. The molecular formula is C32H44N4O. The normalized spacial score (nSPS) is 16.3. The highest BCUT2D eigenvalue weighted by Crippen LogP contribution is 2.28. The van der Waals surface area contributed by atoms with Crippen LogP contribution >= 0.6 is 0 Å². The number of allylic oxidation sites excluding steroid dienone is 3. The molecule has 1 aliphatic rings. The average molecular weight is 501 g/mol. The summed E-state index contributed by atoms with van der Waals surface area (Å²) in [5.41, 5.74) is 6.39. The largest absolute Gasteiger partial charge is 0.336 e. The van der Waals surface area contributed by atoms with E-state index in [0.29, 0.717) is 5.92 Å². The van der Waals surface area contributed by atoms with E-state index in [9.17, 15) is 4.79 Å². The number of aromatic amines is 1. The predicted molar refractivity (Wildman–Crippen MR) is 154 cm³/mol. The summed E-state index contributed by atoms with van der Waals surface area (Å²) in [6, 6.07) is 12.6. The van der Waals surface area contributed by atoms with Gasteiger partial charge in [-0.25, -0.2) is 0 Å². The van der Waals surface area contributed by atoms with Gasteiger partial charge in [0.05, 0.1) is 11.6 Å². The van der Waals surface area contributed by atoms with Gasteiger partial charge in [0.2, 0.25) is 0 Å². The van der Waals surface area contributed by atoms with Crippen LogP contribution in [0.4, 0.5) is 0 Å². The van der Waals surface area contributed by atoms with Crippen LogP contribution in [0.25, 0.3) is 5.57 Å². The molecule has 0 bridgehead atoms. The molecule has 1 amide bonds. The third kappa shape index (κ3) is 8.20. The first kappa shape index (κ1) is 28.5. The fourth-order valence-electron chi connectivity index (χ4n) is 4.70. The molecule has 3 rings (SSSR count). The summed E-state index contributed by atoms with van der Waals surface area (Å²) in [5.74, 6) is 7.15. The standard InChI is InChI=1S/C32H44N4O/c1-7-9-15-27(8-2)30(32(37)36-18-16-35(6)17-19-36)22-28(20-24(3)4)25(5)31-23-29(33-34-31)21-26-13-11-10-12-14-26/h10-14,22-24,27H,7-8,16-21H2,1-6H3,(H,33,34)/b28-25+,30-22+. The molecule has 1 N–H and O–H groups in total. The van der Waals surface area contributed by atoms with E-state index < -0.39 is 0 Å². The zero-order valence-corrected chi connectivity index (χ0v) is 23.6. The smallest absolute Gasteiger partial charge is 0.251 e. The number of rotatable bonds is 9. The molecule has 0 spiro atoms. The molecule has 0 saturated carbocycles. The van der Waals surface area contributed by atoms with Gasteiger partial charge in [0.1, 0.15) is 0 Å². The number of hydrogen-bond acceptors (Lipinski definition) is 3. The van der Waals surface area contributed by atoms with Crippen molar-refractivity contribution in [3.63, 3.8) is 0 Å². The fraction of sp³-hybridized carbons (Fsp3) is 0.500. The minimum atomic E-state index is -0.0742. The Labute approximate surface area is 224 Å². The highest BCUT2D eigenvalue weighted by atomic mass is 16.2. The van der Waals surface area contributed by atoms with Crippen LogP contribution in [0.2, 0.25) is 0 Å². The van der Waals surface area contributed by atoms with Gasteiger partial charge in [-0.15, -0.1) is 5.92 Å². The maximum absolute atomic E-state index is 13.9. The number of carbonyl (C=O) groups is 1. The first-order valence-corrected chi connectivity index (χ1v) is 13.8. The Hall–Kier alpha value is -3.10. The van der Waals surface area contributed by atoms with Gasteiger partial charge in [-0.05, 0) is 61.6 Å². The van der Waals surface area contributed by atoms with Crippen molar-refractivity contribution in [2.75, 3.05) is 33.2 Å². The number of nitrogens with one attached hydrogen (secondary N) is 1. The third-order valence-corrected chi connectivity index (χ3v) is 6.97. The summed E-state index contributed by atoms with van der Waals surface area (Å²) >= 11 is 0. The van der Waals surface area contributed by atoms with Crippen LogP contribution in [0.3, 0.4) is 0 Å². The van der Waals surface area contributed by atoms with Gasteiger partial charge in [-0.1, -0.05) is 63.9 Å². The van der Waals surface area contributed by atoms with E-state index in [-0.39, 0.29) is 11.8 Å². The number of aromatic nitrogens is 2. The minimum absolute atomic E-state index is 0.0742. The van der Waals surface area contributed by atoms with Crippen LogP contribution in [-0.2, 0) is 11.2 Å². The fourth-order valence-corrected chi connectivity index (χ4v) is 4.70. The Morgan fingerprint density at radius 2 is 1.84 bits per heavy atom. The maximum atomic E-state index is 13.9. The highest BCUT2D eigenvalue weighted by Gasteiger charge is 2.26. The lowest BCUT2D eigenvalue weighted by Gasteiger charge is -2.33. The first-order chi connectivity index (χ1) is 17.8. The van der Waals surface area contributed by atoms with Gasteiger partial charge in [-0.2, -0.15) is 5.10 Å². The molecule has 1 aromatic carbocycles. The van der Waals surface area contributed by atoms with Gasteiger partial charge in [0, 0.05) is 50.3 Å². The lowest BCUT2D eigenvalue weighted by molar-refractivity contribution is -0.129. The number of amides is 1. The molecule has 2 aromatic rings. The SMILES string of the molecule is CCC#CC(CC)/C(=C\C(CC(C)C)=C(/C)c1cc(Cc2ccccc2)[nH]n1)C(=O)N1CCN(C)CC1. The minimum Gasteiger partial charge on any atom is -0.336 e. The number of nitrogens with zero attached hydrogens (tertiary/aromatic N) is 3. The number of hydrogen-bond donors (Lipinski definition) is 1. The Morgan fingerprint density at radius 3 is 2.46 bits per heavy atom. The van der Waals surface area contributed by atoms with E-state index in [1.54, 1.807) is 0 Å². The van der Waals surface area contributed by atoms with Crippen LogP contribution in [0.15, 0.2) is 53.6 Å². The number of likely N-dealkylation sites (N-methyl/N-ethyl adjacent to an activating group) is 1. The molecule has 1 aliphatic heterocycles. The van der Waals surface area contributed by atoms with Crippen LogP contribution in [0.5, 0.6) is 0 Å². The Bertz CT molecular complexity index is 1140. The van der Waals surface area contributed by atoms with Gasteiger partial charge < -0.3 is 9.80 Å². The van der Waals surface area contributed by atoms with Crippen molar-refractivity contribution in [3.05, 3.63) is 70.6 Å². The molecule has 1 saturated heterocycles. The zero-order chi connectivity index (χ0) is 26.8. The second-order valence-electron chi connectivity index (χ2n) is 10.5. The lowest BCUT2D eigenvalue weighted by atomic mass is 9.89. The van der Waals surface area contributed by atoms with E-state index in [1.807, 2.05) is 11.0 Å². The van der Waals surface area contributed by atoms with Crippen molar-refractivity contribution in [3.8, 4) is 11.8 Å². The van der Waals surface area contributed by atoms with Crippen LogP contribution in [0, 0.1) is 23.7 Å². The zero-order valence-electron chi connectivity index (χ0n) is 23.6. The lowest BCUT2D eigenvalue weighted by Crippen LogP contribution is -2.48. The summed E-state index contributed by atoms with van der Waals surface area (Å²) in [6.45, 7) is 14.1. The monoisotopic (exact) mass is 500 g/mol. The second kappa shape index (κ2) is 14.0. The summed E-state index contributed by atoms with van der Waals surface area (Å²) in [4.78, 5) is 18.2. The quantitative estimate of drug-likeness (QED) is 0.263. The van der Waals surface area contributed by atoms with Crippen LogP contribution < -0.4 is 0 Å². The highest BCUT2D eigenvalue weighted by molar-refractivity contribution is 5.95. The molecule has 1 atom stereocenters. The van der Waals surface area contributed by atoms with Crippen molar-refractivity contribution in [2.24, 2.45) is 11.8 Å². The molecule has 0 aliphatic carbocycles. The summed E-state index contributed by atoms with van der Waals surface area (Å²) < 4.78 is 0. The maximum Gasteiger partial charge on any atom is 0.251 e. The summed E-state index contributed by atoms with van der Waals surface area (Å²) in [6.07, 6.45) is 5.45. The number of H-pyrrole nitrogens is 1. The van der Waals surface area contributed by atoms with E-state index in [1.165, 1.54) is 11.1 Å². The Morgan fingerprint density at radius 1 is 1.14 bits per heavy atom. The van der Waals surface area contributed by atoms with Crippen molar-refractivity contribution in [1.29, 1.82) is 0 Å². The molecule has 198 valence electrons. The van der Waals surface area contributed by atoms with Crippen molar-refractivity contribution in [1.82, 2.24) is 20.0 Å². The van der Waals surface area contributed by atoms with E-state index in [0.717, 1.165) is 74.4 Å². The second-order valence-corrected chi connectivity index (χ2v) is 10.5. The van der Waals surface area contributed by atoms with Gasteiger partial charge in [0.25, 0.3) is 5.91 Å². The van der Waals surface area contributed by atoms with Crippen molar-refractivity contribution < 1.29 is 4.79 Å². The summed E-state index contributed by atoms with van der Waals surface area (Å²) in [7, 11) is 2.11. The number of benzene rings is 1. The molecule has 1 unspecified atom stereocenters. The van der Waals surface area contributed by atoms with E-state index in [4.69, 9.17) is 0 Å². The van der Waals surface area contributed by atoms with Gasteiger partial charge >= 0.3 is 0 Å². The molecule has 0 radical (unpaired) electrons. The third-order valence-electron chi connectivity index (χ3n) is 6.97. The number of piperazine rings is 1. The summed E-state index contributed by atoms with van der Waals surface area (Å²) in [5, 5.41) is 7.89. The topological polar surface area (TPSA) is 52.2 Å².